The van der Waals surface area contributed by atoms with Crippen LogP contribution in [-0.2, 0) is 4.79 Å². The van der Waals surface area contributed by atoms with E-state index in [1.165, 1.54) is 0 Å². The van der Waals surface area contributed by atoms with Gasteiger partial charge in [0.05, 0.1) is 11.6 Å². The van der Waals surface area contributed by atoms with Gasteiger partial charge in [0, 0.05) is 18.3 Å². The number of nitrogens with zero attached hydrogens (tertiary/aromatic N) is 5. The second-order valence-electron chi connectivity index (χ2n) is 7.42. The number of anilines is 1. The Morgan fingerprint density at radius 3 is 2.64 bits per heavy atom. The van der Waals surface area contributed by atoms with Gasteiger partial charge in [0.25, 0.3) is 0 Å². The summed E-state index contributed by atoms with van der Waals surface area (Å²) in [6.07, 6.45) is 0.849. The van der Waals surface area contributed by atoms with Crippen LogP contribution >= 0.6 is 0 Å². The van der Waals surface area contributed by atoms with E-state index in [4.69, 9.17) is 4.42 Å². The minimum atomic E-state index is -0.0357. The molecule has 8 nitrogen and oxygen atoms in total. The number of hydrogen-bond acceptors (Lipinski definition) is 6. The summed E-state index contributed by atoms with van der Waals surface area (Å²) < 4.78 is 7.44. The standard InChI is InChI=1S/C20H24N6O2/c1-12-9-13(2)26(24-12)18-10-17(22-20(27)15-7-8-25(4)11-15)21-19(23-18)16-6-5-14(3)28-16/h5-6,9-10,15H,7-8,11H2,1-4H3,(H,21,22,23,27)/t15-/m0/s1. The van der Waals surface area contributed by atoms with Crippen LogP contribution in [0.15, 0.2) is 28.7 Å². The highest BCUT2D eigenvalue weighted by atomic mass is 16.3. The van der Waals surface area contributed by atoms with Gasteiger partial charge in [0.1, 0.15) is 11.6 Å². The number of aromatic nitrogens is 4. The minimum absolute atomic E-state index is 0.0241. The largest absolute Gasteiger partial charge is 0.458 e. The number of rotatable bonds is 4. The lowest BCUT2D eigenvalue weighted by molar-refractivity contribution is -0.119. The lowest BCUT2D eigenvalue weighted by Crippen LogP contribution is -2.26. The molecule has 0 aliphatic carbocycles. The van der Waals surface area contributed by atoms with Gasteiger partial charge >= 0.3 is 0 Å². The molecule has 0 unspecified atom stereocenters. The fraction of sp³-hybridized carbons (Fsp3) is 0.400. The van der Waals surface area contributed by atoms with Crippen LogP contribution in [0, 0.1) is 26.7 Å². The summed E-state index contributed by atoms with van der Waals surface area (Å²) in [7, 11) is 2.02. The molecule has 0 bridgehead atoms. The molecule has 0 spiro atoms. The Bertz CT molecular complexity index is 1020. The third-order valence-corrected chi connectivity index (χ3v) is 4.91. The molecule has 3 aromatic heterocycles. The maximum absolute atomic E-state index is 12.7. The van der Waals surface area contributed by atoms with Crippen LogP contribution in [0.1, 0.15) is 23.6 Å². The Hall–Kier alpha value is -3.00. The van der Waals surface area contributed by atoms with E-state index in [0.29, 0.717) is 23.2 Å². The van der Waals surface area contributed by atoms with Crippen LogP contribution in [0.2, 0.25) is 0 Å². The number of aryl methyl sites for hydroxylation is 3. The van der Waals surface area contributed by atoms with Crippen molar-refractivity contribution < 1.29 is 9.21 Å². The molecule has 0 radical (unpaired) electrons. The van der Waals surface area contributed by atoms with Gasteiger partial charge in [-0.05, 0) is 59.0 Å². The molecule has 1 amide bonds. The second kappa shape index (κ2) is 7.20. The number of carbonyl (C=O) groups excluding carboxylic acids is 1. The van der Waals surface area contributed by atoms with Gasteiger partial charge in [0.15, 0.2) is 17.4 Å². The zero-order valence-corrected chi connectivity index (χ0v) is 16.6. The van der Waals surface area contributed by atoms with E-state index < -0.39 is 0 Å². The summed E-state index contributed by atoms with van der Waals surface area (Å²) in [5.41, 5.74) is 1.85. The van der Waals surface area contributed by atoms with Gasteiger partial charge in [-0.25, -0.2) is 14.6 Å². The molecule has 0 saturated carbocycles. The van der Waals surface area contributed by atoms with Crippen molar-refractivity contribution in [3.05, 3.63) is 41.4 Å². The SMILES string of the molecule is Cc1cc(C)n(-c2cc(NC(=O)[C@H]3CCN(C)C3)nc(-c3ccc(C)o3)n2)n1. The lowest BCUT2D eigenvalue weighted by Gasteiger charge is -2.13. The van der Waals surface area contributed by atoms with Crippen molar-refractivity contribution in [3.8, 4) is 17.4 Å². The highest BCUT2D eigenvalue weighted by Crippen LogP contribution is 2.24. The fourth-order valence-corrected chi connectivity index (χ4v) is 3.51. The molecule has 1 aliphatic rings. The van der Waals surface area contributed by atoms with E-state index in [1.807, 2.05) is 46.0 Å². The number of likely N-dealkylation sites (tertiary alicyclic amines) is 1. The highest BCUT2D eigenvalue weighted by molar-refractivity contribution is 5.92. The first-order valence-corrected chi connectivity index (χ1v) is 9.38. The van der Waals surface area contributed by atoms with Crippen molar-refractivity contribution in [3.63, 3.8) is 0 Å². The summed E-state index contributed by atoms with van der Waals surface area (Å²) in [6.45, 7) is 7.45. The average Bonchev–Trinajstić information content (AvgIpc) is 3.35. The molecule has 146 valence electrons. The molecule has 1 aliphatic heterocycles. The lowest BCUT2D eigenvalue weighted by atomic mass is 10.1. The van der Waals surface area contributed by atoms with Crippen molar-refractivity contribution in [1.29, 1.82) is 0 Å². The van der Waals surface area contributed by atoms with Gasteiger partial charge in [-0.15, -0.1) is 0 Å². The van der Waals surface area contributed by atoms with E-state index >= 15 is 0 Å². The molecule has 1 saturated heterocycles. The molecule has 4 heterocycles. The smallest absolute Gasteiger partial charge is 0.229 e. The quantitative estimate of drug-likeness (QED) is 0.749. The topological polar surface area (TPSA) is 89.1 Å². The van der Waals surface area contributed by atoms with Crippen LogP contribution in [0.4, 0.5) is 5.82 Å². The fourth-order valence-electron chi connectivity index (χ4n) is 3.51. The molecule has 8 heteroatoms. The number of hydrogen-bond donors (Lipinski definition) is 1. The molecule has 1 N–H and O–H groups in total. The molecule has 1 fully saturated rings. The van der Waals surface area contributed by atoms with Crippen molar-refractivity contribution in [2.24, 2.45) is 5.92 Å². The normalized spacial score (nSPS) is 17.2. The third kappa shape index (κ3) is 3.68. The first-order chi connectivity index (χ1) is 13.4. The first kappa shape index (κ1) is 18.4. The number of furan rings is 1. The molecule has 4 rings (SSSR count). The van der Waals surface area contributed by atoms with E-state index in [9.17, 15) is 4.79 Å². The van der Waals surface area contributed by atoms with E-state index in [-0.39, 0.29) is 11.8 Å². The second-order valence-corrected chi connectivity index (χ2v) is 7.42. The Kier molecular flexibility index (Phi) is 4.72. The number of carbonyl (C=O) groups is 1. The van der Waals surface area contributed by atoms with E-state index in [1.54, 1.807) is 10.7 Å². The van der Waals surface area contributed by atoms with Gasteiger partial charge in [-0.3, -0.25) is 4.79 Å². The van der Waals surface area contributed by atoms with Gasteiger partial charge in [0.2, 0.25) is 5.91 Å². The average molecular weight is 380 g/mol. The van der Waals surface area contributed by atoms with Crippen LogP contribution in [0.25, 0.3) is 17.4 Å². The maximum Gasteiger partial charge on any atom is 0.229 e. The van der Waals surface area contributed by atoms with Crippen molar-refractivity contribution in [2.45, 2.75) is 27.2 Å². The predicted molar refractivity (Wildman–Crippen MR) is 105 cm³/mol. The van der Waals surface area contributed by atoms with E-state index in [0.717, 1.165) is 36.7 Å². The number of nitrogens with one attached hydrogen (secondary N) is 1. The Morgan fingerprint density at radius 2 is 2.04 bits per heavy atom. The molecule has 1 atom stereocenters. The van der Waals surface area contributed by atoms with Crippen molar-refractivity contribution in [2.75, 3.05) is 25.5 Å². The summed E-state index contributed by atoms with van der Waals surface area (Å²) in [5, 5.41) is 7.46. The van der Waals surface area contributed by atoms with E-state index in [2.05, 4.69) is 25.3 Å². The predicted octanol–water partition coefficient (Wildman–Crippen LogP) is 2.74. The molecule has 28 heavy (non-hydrogen) atoms. The van der Waals surface area contributed by atoms with Gasteiger partial charge in [-0.2, -0.15) is 5.10 Å². The van der Waals surface area contributed by atoms with Gasteiger partial charge < -0.3 is 14.6 Å². The van der Waals surface area contributed by atoms with Crippen LogP contribution in [-0.4, -0.2) is 50.7 Å². The third-order valence-electron chi connectivity index (χ3n) is 4.91. The molecular formula is C20H24N6O2. The molecule has 3 aromatic rings. The zero-order valence-electron chi connectivity index (χ0n) is 16.6. The van der Waals surface area contributed by atoms with Crippen LogP contribution in [0.5, 0.6) is 0 Å². The Labute approximate surface area is 163 Å². The Morgan fingerprint density at radius 1 is 1.21 bits per heavy atom. The van der Waals surface area contributed by atoms with Crippen LogP contribution < -0.4 is 5.32 Å². The zero-order chi connectivity index (χ0) is 19.8. The summed E-state index contributed by atoms with van der Waals surface area (Å²) in [4.78, 5) is 24.0. The minimum Gasteiger partial charge on any atom is -0.458 e. The first-order valence-electron chi connectivity index (χ1n) is 9.38. The molecule has 0 aromatic carbocycles. The molecular weight excluding hydrogens is 356 g/mol. The maximum atomic E-state index is 12.7. The van der Waals surface area contributed by atoms with Crippen molar-refractivity contribution >= 4 is 11.7 Å². The van der Waals surface area contributed by atoms with Crippen molar-refractivity contribution in [1.82, 2.24) is 24.6 Å². The van der Waals surface area contributed by atoms with Crippen LogP contribution in [0.3, 0.4) is 0 Å². The Balaban J connectivity index is 1.71. The summed E-state index contributed by atoms with van der Waals surface area (Å²) >= 11 is 0. The highest BCUT2D eigenvalue weighted by Gasteiger charge is 2.26. The summed E-state index contributed by atoms with van der Waals surface area (Å²) in [6, 6.07) is 7.41. The summed E-state index contributed by atoms with van der Waals surface area (Å²) in [5.74, 6) is 2.71. The number of amides is 1. The monoisotopic (exact) mass is 380 g/mol. The van der Waals surface area contributed by atoms with Gasteiger partial charge in [-0.1, -0.05) is 0 Å².